The number of H-pyrrole nitrogens is 3. The van der Waals surface area contributed by atoms with E-state index in [-0.39, 0.29) is 22.4 Å². The lowest BCUT2D eigenvalue weighted by Gasteiger charge is -2.42. The Bertz CT molecular complexity index is 1410. The van der Waals surface area contributed by atoms with Crippen molar-refractivity contribution in [1.82, 2.24) is 35.6 Å². The van der Waals surface area contributed by atoms with Gasteiger partial charge in [-0.05, 0) is 48.6 Å². The van der Waals surface area contributed by atoms with E-state index in [0.29, 0.717) is 17.0 Å². The normalized spacial score (nSPS) is 22.7. The van der Waals surface area contributed by atoms with E-state index in [4.69, 9.17) is 10.7 Å². The predicted molar refractivity (Wildman–Crippen MR) is 122 cm³/mol. The van der Waals surface area contributed by atoms with Gasteiger partial charge in [-0.25, -0.2) is 0 Å². The van der Waals surface area contributed by atoms with E-state index in [1.165, 1.54) is 11.1 Å². The van der Waals surface area contributed by atoms with Crippen molar-refractivity contribution in [2.75, 3.05) is 18.0 Å². The van der Waals surface area contributed by atoms with Crippen LogP contribution in [-0.4, -0.2) is 48.7 Å². The quantitative estimate of drug-likeness (QED) is 0.377. The number of benzene rings is 1. The highest BCUT2D eigenvalue weighted by Gasteiger charge is 2.51. The molecule has 0 amide bonds. The molecule has 7 rings (SSSR count). The minimum atomic E-state index is -0.330. The lowest BCUT2D eigenvalue weighted by molar-refractivity contribution is 0.187. The summed E-state index contributed by atoms with van der Waals surface area (Å²) in [5.74, 6) is 0.579. The molecule has 168 valence electrons. The lowest BCUT2D eigenvalue weighted by atomic mass is 9.73. The molecule has 0 unspecified atom stereocenters. The van der Waals surface area contributed by atoms with Crippen molar-refractivity contribution in [1.29, 1.82) is 0 Å². The Morgan fingerprint density at radius 2 is 1.91 bits per heavy atom. The smallest absolute Gasteiger partial charge is 0.263 e. The van der Waals surface area contributed by atoms with Crippen molar-refractivity contribution in [2.24, 2.45) is 11.1 Å². The Labute approximate surface area is 189 Å². The lowest BCUT2D eigenvalue weighted by Crippen LogP contribution is -2.45. The maximum Gasteiger partial charge on any atom is 0.263 e. The van der Waals surface area contributed by atoms with E-state index >= 15 is 0 Å². The SMILES string of the molecule is N[C@@H]1c2ccccc2CC12CCN(c1nc3n[nH]c(C4(c5cn[nH]n5)CC4)c3c(=O)[nH]1)CC2. The average molecular weight is 444 g/mol. The van der Waals surface area contributed by atoms with Crippen molar-refractivity contribution in [3.63, 3.8) is 0 Å². The third kappa shape index (κ3) is 2.61. The molecule has 2 fully saturated rings. The van der Waals surface area contributed by atoms with Crippen LogP contribution in [0.1, 0.15) is 54.2 Å². The van der Waals surface area contributed by atoms with Crippen molar-refractivity contribution >= 4 is 17.0 Å². The largest absolute Gasteiger partial charge is 0.342 e. The van der Waals surface area contributed by atoms with Gasteiger partial charge >= 0.3 is 0 Å². The number of piperidine rings is 1. The molecule has 1 aliphatic heterocycles. The summed E-state index contributed by atoms with van der Waals surface area (Å²) in [5.41, 5.74) is 11.0. The molecule has 3 aliphatic rings. The summed E-state index contributed by atoms with van der Waals surface area (Å²) in [6.07, 6.45) is 6.46. The van der Waals surface area contributed by atoms with Gasteiger partial charge in [-0.3, -0.25) is 14.9 Å². The highest BCUT2D eigenvalue weighted by atomic mass is 16.1. The Hall–Kier alpha value is -3.53. The van der Waals surface area contributed by atoms with Crippen molar-refractivity contribution in [3.8, 4) is 0 Å². The first kappa shape index (κ1) is 19.0. The van der Waals surface area contributed by atoms with Crippen LogP contribution < -0.4 is 16.2 Å². The third-order valence-corrected chi connectivity index (χ3v) is 8.20. The molecule has 5 N–H and O–H groups in total. The van der Waals surface area contributed by atoms with Gasteiger partial charge in [-0.15, -0.1) is 0 Å². The average Bonchev–Trinajstić information content (AvgIpc) is 3.17. The molecule has 3 aromatic heterocycles. The molecule has 4 heterocycles. The Morgan fingerprint density at radius 3 is 2.64 bits per heavy atom. The number of aromatic nitrogens is 7. The van der Waals surface area contributed by atoms with Crippen LogP contribution in [0.25, 0.3) is 11.0 Å². The summed E-state index contributed by atoms with van der Waals surface area (Å²) in [4.78, 5) is 23.1. The summed E-state index contributed by atoms with van der Waals surface area (Å²) in [6.45, 7) is 1.60. The Morgan fingerprint density at radius 1 is 1.09 bits per heavy atom. The molecule has 1 saturated carbocycles. The molecule has 10 heteroatoms. The van der Waals surface area contributed by atoms with Gasteiger partial charge in [0.05, 0.1) is 23.0 Å². The summed E-state index contributed by atoms with van der Waals surface area (Å²) in [7, 11) is 0. The minimum absolute atomic E-state index is 0.0606. The van der Waals surface area contributed by atoms with Crippen LogP contribution in [-0.2, 0) is 11.8 Å². The van der Waals surface area contributed by atoms with Crippen molar-refractivity contribution in [2.45, 2.75) is 43.6 Å². The maximum atomic E-state index is 13.2. The van der Waals surface area contributed by atoms with E-state index in [2.05, 4.69) is 59.8 Å². The zero-order valence-electron chi connectivity index (χ0n) is 18.1. The molecule has 1 aromatic carbocycles. The molecule has 2 aliphatic carbocycles. The van der Waals surface area contributed by atoms with E-state index in [1.54, 1.807) is 6.20 Å². The second kappa shape index (κ2) is 6.50. The molecule has 0 bridgehead atoms. The topological polar surface area (TPSA) is 145 Å². The van der Waals surface area contributed by atoms with Gasteiger partial charge in [0.25, 0.3) is 5.56 Å². The summed E-state index contributed by atoms with van der Waals surface area (Å²) in [5, 5.41) is 18.9. The number of rotatable bonds is 3. The third-order valence-electron chi connectivity index (χ3n) is 8.20. The van der Waals surface area contributed by atoms with Gasteiger partial charge in [0.1, 0.15) is 5.39 Å². The van der Waals surface area contributed by atoms with E-state index in [9.17, 15) is 4.79 Å². The number of nitrogens with one attached hydrogen (secondary N) is 3. The summed E-state index contributed by atoms with van der Waals surface area (Å²) in [6, 6.07) is 8.59. The zero-order chi connectivity index (χ0) is 22.2. The number of hydrogen-bond acceptors (Lipinski definition) is 7. The molecule has 1 atom stereocenters. The molecule has 1 saturated heterocycles. The van der Waals surface area contributed by atoms with Crippen LogP contribution in [0.2, 0.25) is 0 Å². The molecule has 0 radical (unpaired) electrons. The van der Waals surface area contributed by atoms with Crippen LogP contribution >= 0.6 is 0 Å². The second-order valence-corrected chi connectivity index (χ2v) is 9.83. The highest BCUT2D eigenvalue weighted by Crippen LogP contribution is 2.53. The number of nitrogens with two attached hydrogens (primary N) is 1. The summed E-state index contributed by atoms with van der Waals surface area (Å²) < 4.78 is 0. The predicted octanol–water partition coefficient (Wildman–Crippen LogP) is 1.69. The number of anilines is 1. The Balaban J connectivity index is 1.17. The molecular weight excluding hydrogens is 418 g/mol. The van der Waals surface area contributed by atoms with Crippen LogP contribution in [0.3, 0.4) is 0 Å². The van der Waals surface area contributed by atoms with Crippen LogP contribution in [0, 0.1) is 5.41 Å². The fourth-order valence-electron chi connectivity index (χ4n) is 6.08. The van der Waals surface area contributed by atoms with E-state index < -0.39 is 0 Å². The van der Waals surface area contributed by atoms with Gasteiger partial charge in [-0.1, -0.05) is 24.3 Å². The summed E-state index contributed by atoms with van der Waals surface area (Å²) >= 11 is 0. The van der Waals surface area contributed by atoms with Crippen LogP contribution in [0.5, 0.6) is 0 Å². The number of fused-ring (bicyclic) bond motifs is 2. The maximum absolute atomic E-state index is 13.2. The second-order valence-electron chi connectivity index (χ2n) is 9.83. The first-order chi connectivity index (χ1) is 16.1. The monoisotopic (exact) mass is 443 g/mol. The molecule has 1 spiro atoms. The van der Waals surface area contributed by atoms with Gasteiger partial charge in [0, 0.05) is 19.1 Å². The Kier molecular flexibility index (Phi) is 3.74. The first-order valence-corrected chi connectivity index (χ1v) is 11.5. The molecule has 33 heavy (non-hydrogen) atoms. The zero-order valence-corrected chi connectivity index (χ0v) is 18.1. The van der Waals surface area contributed by atoms with Gasteiger partial charge < -0.3 is 10.6 Å². The van der Waals surface area contributed by atoms with Crippen LogP contribution in [0.15, 0.2) is 35.3 Å². The van der Waals surface area contributed by atoms with Gasteiger partial charge in [0.15, 0.2) is 5.65 Å². The van der Waals surface area contributed by atoms with Gasteiger partial charge in [0.2, 0.25) is 5.95 Å². The fourth-order valence-corrected chi connectivity index (χ4v) is 6.08. The number of hydrogen-bond donors (Lipinski definition) is 4. The fraction of sp³-hybridized carbons (Fsp3) is 0.435. The van der Waals surface area contributed by atoms with Crippen molar-refractivity contribution < 1.29 is 0 Å². The van der Waals surface area contributed by atoms with Crippen LogP contribution in [0.4, 0.5) is 5.95 Å². The number of nitrogens with zero attached hydrogens (tertiary/aromatic N) is 5. The first-order valence-electron chi connectivity index (χ1n) is 11.5. The minimum Gasteiger partial charge on any atom is -0.342 e. The molecular formula is C23H25N9O. The van der Waals surface area contributed by atoms with E-state index in [1.807, 2.05) is 0 Å². The molecule has 10 nitrogen and oxygen atoms in total. The standard InChI is InChI=1S/C23H25N9O/c24-17-14-4-2-1-3-13(14)11-22(17)7-9-32(10-8-22)21-26-19-16(20(33)27-21)18(29-30-19)23(5-6-23)15-12-25-31-28-15/h1-4,12,17H,5-11,24H2,(H,25,28,31)(H2,26,27,29,30,33)/t17-/m1/s1. The van der Waals surface area contributed by atoms with Crippen molar-refractivity contribution in [3.05, 3.63) is 63.3 Å². The van der Waals surface area contributed by atoms with E-state index in [0.717, 1.165) is 56.6 Å². The highest BCUT2D eigenvalue weighted by molar-refractivity contribution is 5.80. The van der Waals surface area contributed by atoms with Gasteiger partial charge in [-0.2, -0.15) is 25.5 Å². The molecule has 4 aromatic rings. The number of aromatic amines is 3.